The first-order valence-electron chi connectivity index (χ1n) is 9.54. The lowest BCUT2D eigenvalue weighted by Gasteiger charge is -2.24. The van der Waals surface area contributed by atoms with Gasteiger partial charge >= 0.3 is 0 Å². The standard InChI is InChI=1S/C26H25N/c1-17-10-8-11-18(2)23(17)22-16-27-26(21-14-6-5-7-15-21)25(22)24-19(3)12-9-13-20(24)4/h5-16,25H,1-4H3. The van der Waals surface area contributed by atoms with Gasteiger partial charge in [0, 0.05) is 6.20 Å². The SMILES string of the molecule is Cc1cccc(C)c1C1=CN=C(c2ccccc2)C1c1c(C)cccc1C. The molecular formula is C26H25N. The summed E-state index contributed by atoms with van der Waals surface area (Å²) in [4.78, 5) is 4.94. The van der Waals surface area contributed by atoms with Gasteiger partial charge in [-0.15, -0.1) is 0 Å². The van der Waals surface area contributed by atoms with E-state index in [0.717, 1.165) is 5.71 Å². The predicted molar refractivity (Wildman–Crippen MR) is 116 cm³/mol. The van der Waals surface area contributed by atoms with E-state index in [1.54, 1.807) is 0 Å². The van der Waals surface area contributed by atoms with Gasteiger partial charge in [-0.2, -0.15) is 0 Å². The molecule has 1 unspecified atom stereocenters. The van der Waals surface area contributed by atoms with Crippen LogP contribution in [0.2, 0.25) is 0 Å². The molecule has 0 bridgehead atoms. The maximum absolute atomic E-state index is 4.94. The van der Waals surface area contributed by atoms with Crippen LogP contribution in [0.25, 0.3) is 5.57 Å². The van der Waals surface area contributed by atoms with Crippen molar-refractivity contribution in [3.63, 3.8) is 0 Å². The summed E-state index contributed by atoms with van der Waals surface area (Å²) in [5.74, 6) is 0.161. The van der Waals surface area contributed by atoms with E-state index < -0.39 is 0 Å². The fourth-order valence-corrected chi connectivity index (χ4v) is 4.34. The summed E-state index contributed by atoms with van der Waals surface area (Å²) < 4.78 is 0. The molecule has 0 aliphatic carbocycles. The average Bonchev–Trinajstić information content (AvgIpc) is 3.06. The third kappa shape index (κ3) is 3.04. The van der Waals surface area contributed by atoms with Gasteiger partial charge in [0.05, 0.1) is 11.6 Å². The number of hydrogen-bond acceptors (Lipinski definition) is 1. The Bertz CT molecular complexity index is 1010. The minimum atomic E-state index is 0.161. The summed E-state index contributed by atoms with van der Waals surface area (Å²) in [5.41, 5.74) is 11.6. The summed E-state index contributed by atoms with van der Waals surface area (Å²) in [5, 5.41) is 0. The minimum Gasteiger partial charge on any atom is -0.259 e. The Labute approximate surface area is 162 Å². The Morgan fingerprint density at radius 1 is 0.630 bits per heavy atom. The number of aryl methyl sites for hydroxylation is 4. The molecule has 1 aliphatic heterocycles. The average molecular weight is 351 g/mol. The first-order valence-corrected chi connectivity index (χ1v) is 9.54. The van der Waals surface area contributed by atoms with Crippen LogP contribution in [0.4, 0.5) is 0 Å². The van der Waals surface area contributed by atoms with E-state index in [4.69, 9.17) is 4.99 Å². The topological polar surface area (TPSA) is 12.4 Å². The molecule has 134 valence electrons. The second-order valence-corrected chi connectivity index (χ2v) is 7.47. The number of benzene rings is 3. The van der Waals surface area contributed by atoms with Crippen molar-refractivity contribution in [2.24, 2.45) is 4.99 Å². The molecule has 3 aromatic rings. The second-order valence-electron chi connectivity index (χ2n) is 7.47. The summed E-state index contributed by atoms with van der Waals surface area (Å²) in [6, 6.07) is 23.7. The molecule has 0 N–H and O–H groups in total. The quantitative estimate of drug-likeness (QED) is 0.507. The van der Waals surface area contributed by atoms with E-state index >= 15 is 0 Å². The zero-order chi connectivity index (χ0) is 19.0. The van der Waals surface area contributed by atoms with Crippen LogP contribution in [0.3, 0.4) is 0 Å². The van der Waals surface area contributed by atoms with Gasteiger partial charge < -0.3 is 0 Å². The lowest BCUT2D eigenvalue weighted by Crippen LogP contribution is -2.16. The van der Waals surface area contributed by atoms with Crippen molar-refractivity contribution in [3.05, 3.63) is 112 Å². The van der Waals surface area contributed by atoms with Crippen molar-refractivity contribution in [2.75, 3.05) is 0 Å². The first kappa shape index (κ1) is 17.5. The first-order chi connectivity index (χ1) is 13.1. The molecule has 0 fully saturated rings. The molecule has 1 heterocycles. The Hall–Kier alpha value is -2.93. The smallest absolute Gasteiger partial charge is 0.0595 e. The zero-order valence-corrected chi connectivity index (χ0v) is 16.5. The van der Waals surface area contributed by atoms with Crippen LogP contribution >= 0.6 is 0 Å². The van der Waals surface area contributed by atoms with Crippen LogP contribution in [0.1, 0.15) is 44.9 Å². The van der Waals surface area contributed by atoms with E-state index in [1.165, 1.54) is 44.5 Å². The molecule has 0 spiro atoms. The van der Waals surface area contributed by atoms with Crippen LogP contribution in [0, 0.1) is 27.7 Å². The summed E-state index contributed by atoms with van der Waals surface area (Å²) in [6.07, 6.45) is 2.09. The van der Waals surface area contributed by atoms with Gasteiger partial charge in [-0.05, 0) is 72.2 Å². The molecule has 1 aliphatic rings. The maximum Gasteiger partial charge on any atom is 0.0595 e. The lowest BCUT2D eigenvalue weighted by molar-refractivity contribution is 1.10. The molecule has 27 heavy (non-hydrogen) atoms. The van der Waals surface area contributed by atoms with Gasteiger partial charge in [-0.25, -0.2) is 0 Å². The van der Waals surface area contributed by atoms with E-state index in [2.05, 4.69) is 101 Å². The van der Waals surface area contributed by atoms with Crippen molar-refractivity contribution >= 4 is 11.3 Å². The van der Waals surface area contributed by atoms with Crippen molar-refractivity contribution in [3.8, 4) is 0 Å². The lowest BCUT2D eigenvalue weighted by atomic mass is 9.77. The Morgan fingerprint density at radius 2 is 1.19 bits per heavy atom. The maximum atomic E-state index is 4.94. The zero-order valence-electron chi connectivity index (χ0n) is 16.5. The minimum absolute atomic E-state index is 0.161. The van der Waals surface area contributed by atoms with Crippen LogP contribution in [-0.2, 0) is 0 Å². The van der Waals surface area contributed by atoms with Gasteiger partial charge in [0.2, 0.25) is 0 Å². The van der Waals surface area contributed by atoms with Gasteiger partial charge in [0.25, 0.3) is 0 Å². The molecule has 0 amide bonds. The number of hydrogen-bond donors (Lipinski definition) is 0. The van der Waals surface area contributed by atoms with Gasteiger partial charge in [-0.1, -0.05) is 66.7 Å². The highest BCUT2D eigenvalue weighted by Crippen LogP contribution is 2.43. The van der Waals surface area contributed by atoms with Crippen LogP contribution in [-0.4, -0.2) is 5.71 Å². The second kappa shape index (κ2) is 7.00. The predicted octanol–water partition coefficient (Wildman–Crippen LogP) is 6.55. The highest BCUT2D eigenvalue weighted by atomic mass is 14.8. The highest BCUT2D eigenvalue weighted by Gasteiger charge is 2.32. The Morgan fingerprint density at radius 3 is 1.78 bits per heavy atom. The summed E-state index contributed by atoms with van der Waals surface area (Å²) >= 11 is 0. The van der Waals surface area contributed by atoms with Crippen molar-refractivity contribution in [1.82, 2.24) is 0 Å². The third-order valence-corrected chi connectivity index (χ3v) is 5.60. The molecule has 0 aromatic heterocycles. The normalized spacial score (nSPS) is 16.2. The van der Waals surface area contributed by atoms with Crippen LogP contribution in [0.5, 0.6) is 0 Å². The molecule has 0 saturated carbocycles. The molecule has 1 nitrogen and oxygen atoms in total. The number of allylic oxidation sites excluding steroid dienone is 1. The van der Waals surface area contributed by atoms with E-state index in [0.29, 0.717) is 0 Å². The Balaban J connectivity index is 1.94. The third-order valence-electron chi connectivity index (χ3n) is 5.60. The van der Waals surface area contributed by atoms with Crippen molar-refractivity contribution in [1.29, 1.82) is 0 Å². The molecule has 4 rings (SSSR count). The van der Waals surface area contributed by atoms with Gasteiger partial charge in [0.15, 0.2) is 0 Å². The molecule has 3 aromatic carbocycles. The summed E-state index contributed by atoms with van der Waals surface area (Å²) in [6.45, 7) is 8.83. The molecule has 0 saturated heterocycles. The summed E-state index contributed by atoms with van der Waals surface area (Å²) in [7, 11) is 0. The van der Waals surface area contributed by atoms with E-state index in [-0.39, 0.29) is 5.92 Å². The molecule has 1 atom stereocenters. The Kier molecular flexibility index (Phi) is 4.53. The fraction of sp³-hybridized carbons (Fsp3) is 0.192. The molecule has 1 heteroatoms. The number of nitrogens with zero attached hydrogens (tertiary/aromatic N) is 1. The number of aliphatic imine (C=N–C) groups is 1. The van der Waals surface area contributed by atoms with Gasteiger partial charge in [0.1, 0.15) is 0 Å². The van der Waals surface area contributed by atoms with Crippen molar-refractivity contribution in [2.45, 2.75) is 33.6 Å². The molecule has 0 radical (unpaired) electrons. The monoisotopic (exact) mass is 351 g/mol. The van der Waals surface area contributed by atoms with Crippen LogP contribution < -0.4 is 0 Å². The van der Waals surface area contributed by atoms with Gasteiger partial charge in [-0.3, -0.25) is 4.99 Å². The molecular weight excluding hydrogens is 326 g/mol. The highest BCUT2D eigenvalue weighted by molar-refractivity contribution is 6.15. The largest absolute Gasteiger partial charge is 0.259 e. The number of rotatable bonds is 3. The van der Waals surface area contributed by atoms with E-state index in [1.807, 2.05) is 0 Å². The van der Waals surface area contributed by atoms with Crippen molar-refractivity contribution < 1.29 is 0 Å². The van der Waals surface area contributed by atoms with E-state index in [9.17, 15) is 0 Å². The fourth-order valence-electron chi connectivity index (χ4n) is 4.34. The van der Waals surface area contributed by atoms with Crippen LogP contribution in [0.15, 0.2) is 77.9 Å².